The topological polar surface area (TPSA) is 57.5 Å². The summed E-state index contributed by atoms with van der Waals surface area (Å²) in [6.45, 7) is 20.1. The van der Waals surface area contributed by atoms with Crippen molar-refractivity contribution in [1.29, 1.82) is 0 Å². The lowest BCUT2D eigenvalue weighted by Gasteiger charge is -2.69. The van der Waals surface area contributed by atoms with E-state index in [0.29, 0.717) is 46.8 Å². The van der Waals surface area contributed by atoms with Crippen LogP contribution in [0, 0.1) is 45.3 Å². The summed E-state index contributed by atoms with van der Waals surface area (Å²) in [4.78, 5) is 12.3. The van der Waals surface area contributed by atoms with Crippen molar-refractivity contribution in [3.8, 4) is 0 Å². The summed E-state index contributed by atoms with van der Waals surface area (Å²) in [5.74, 6) is 2.42. The first-order valence-electron chi connectivity index (χ1n) is 13.7. The number of allylic oxidation sites excluding steroid dienone is 1. The van der Waals surface area contributed by atoms with Crippen molar-refractivity contribution in [3.05, 3.63) is 12.2 Å². The molecule has 4 saturated carbocycles. The number of hydrogen-bond donors (Lipinski definition) is 2. The normalized spacial score (nSPS) is 46.8. The van der Waals surface area contributed by atoms with Gasteiger partial charge in [-0.3, -0.25) is 4.79 Å². The van der Waals surface area contributed by atoms with Crippen LogP contribution >= 0.6 is 0 Å². The average molecular weight is 459 g/mol. The molecule has 4 rings (SSSR count). The fourth-order valence-electron chi connectivity index (χ4n) is 9.99. The van der Waals surface area contributed by atoms with Crippen LogP contribution in [0.1, 0.15) is 113 Å². The molecule has 0 heterocycles. The highest BCUT2D eigenvalue weighted by molar-refractivity contribution is 5.86. The number of aliphatic hydroxyl groups is 2. The van der Waals surface area contributed by atoms with Crippen molar-refractivity contribution in [3.63, 3.8) is 0 Å². The second-order valence-corrected chi connectivity index (χ2v) is 14.3. The largest absolute Gasteiger partial charge is 0.393 e. The molecule has 0 aliphatic heterocycles. The smallest absolute Gasteiger partial charge is 0.164 e. The van der Waals surface area contributed by atoms with E-state index in [4.69, 9.17) is 0 Å². The van der Waals surface area contributed by atoms with Gasteiger partial charge in [0.15, 0.2) is 5.78 Å². The van der Waals surface area contributed by atoms with E-state index >= 15 is 0 Å². The van der Waals surface area contributed by atoms with Gasteiger partial charge < -0.3 is 10.2 Å². The maximum atomic E-state index is 12.3. The number of Topliss-reactive ketones (excluding diaryl/α,β-unsaturated/α-hetero) is 1. The predicted octanol–water partition coefficient (Wildman–Crippen LogP) is 6.71. The van der Waals surface area contributed by atoms with Crippen molar-refractivity contribution in [2.75, 3.05) is 0 Å². The van der Waals surface area contributed by atoms with Crippen molar-refractivity contribution < 1.29 is 15.0 Å². The van der Waals surface area contributed by atoms with Crippen LogP contribution in [0.25, 0.3) is 0 Å². The standard InChI is InChI=1S/C30H50O3/c1-19(9-12-25(32)27(4,5)33)20-13-17-29(7)21(20)10-11-23-28(6)16-15-24(31)26(2,3)22(28)14-18-30(23,29)8/h20-24,31,33H,1,9-18H2,2-8H3. The molecule has 3 nitrogen and oxygen atoms in total. The summed E-state index contributed by atoms with van der Waals surface area (Å²) in [5, 5.41) is 20.9. The molecule has 0 saturated heterocycles. The molecule has 4 aliphatic carbocycles. The van der Waals surface area contributed by atoms with Crippen molar-refractivity contribution in [2.45, 2.75) is 124 Å². The minimum Gasteiger partial charge on any atom is -0.393 e. The Morgan fingerprint density at radius 3 is 2.15 bits per heavy atom. The first-order valence-corrected chi connectivity index (χ1v) is 13.7. The van der Waals surface area contributed by atoms with E-state index in [2.05, 4.69) is 41.2 Å². The predicted molar refractivity (Wildman–Crippen MR) is 135 cm³/mol. The molecule has 8 unspecified atom stereocenters. The second kappa shape index (κ2) is 7.92. The van der Waals surface area contributed by atoms with Gasteiger partial charge in [-0.2, -0.15) is 0 Å². The lowest BCUT2D eigenvalue weighted by Crippen LogP contribution is -2.63. The first-order chi connectivity index (χ1) is 15.1. The molecule has 0 bridgehead atoms. The van der Waals surface area contributed by atoms with Crippen LogP contribution in [0.15, 0.2) is 12.2 Å². The van der Waals surface area contributed by atoms with Gasteiger partial charge in [0.05, 0.1) is 6.10 Å². The van der Waals surface area contributed by atoms with Crippen LogP contribution in [-0.4, -0.2) is 27.7 Å². The maximum Gasteiger partial charge on any atom is 0.164 e. The summed E-state index contributed by atoms with van der Waals surface area (Å²) < 4.78 is 0. The number of rotatable bonds is 5. The molecule has 4 fully saturated rings. The Morgan fingerprint density at radius 2 is 1.52 bits per heavy atom. The molecular formula is C30H50O3. The minimum absolute atomic E-state index is 0.00556. The zero-order valence-electron chi connectivity index (χ0n) is 22.5. The number of aliphatic hydroxyl groups excluding tert-OH is 1. The number of ketones is 1. The molecule has 0 spiro atoms. The Balaban J connectivity index is 1.55. The van der Waals surface area contributed by atoms with Gasteiger partial charge in [0.25, 0.3) is 0 Å². The third kappa shape index (κ3) is 3.62. The third-order valence-corrected chi connectivity index (χ3v) is 12.3. The second-order valence-electron chi connectivity index (χ2n) is 14.3. The molecule has 2 N–H and O–H groups in total. The molecule has 0 aromatic rings. The summed E-state index contributed by atoms with van der Waals surface area (Å²) in [5.41, 5.74) is 0.968. The van der Waals surface area contributed by atoms with E-state index < -0.39 is 5.60 Å². The Morgan fingerprint density at radius 1 is 0.879 bits per heavy atom. The van der Waals surface area contributed by atoms with Gasteiger partial charge in [0, 0.05) is 6.42 Å². The maximum absolute atomic E-state index is 12.3. The Bertz CT molecular complexity index is 806. The third-order valence-electron chi connectivity index (χ3n) is 12.3. The number of hydrogen-bond acceptors (Lipinski definition) is 3. The molecule has 0 amide bonds. The van der Waals surface area contributed by atoms with E-state index in [1.54, 1.807) is 13.8 Å². The molecule has 8 atom stereocenters. The van der Waals surface area contributed by atoms with Gasteiger partial charge in [-0.1, -0.05) is 46.8 Å². The van der Waals surface area contributed by atoms with E-state index in [1.807, 2.05) is 0 Å². The Labute approximate surface area is 202 Å². The zero-order valence-corrected chi connectivity index (χ0v) is 22.5. The van der Waals surface area contributed by atoms with Crippen molar-refractivity contribution >= 4 is 5.78 Å². The first kappa shape index (κ1) is 25.4. The number of carbonyl (C=O) groups excluding carboxylic acids is 1. The summed E-state index contributed by atoms with van der Waals surface area (Å²) >= 11 is 0. The van der Waals surface area contributed by atoms with Gasteiger partial charge >= 0.3 is 0 Å². The Kier molecular flexibility index (Phi) is 6.10. The SMILES string of the molecule is C=C(CCC(=O)C(C)(C)O)C1CCC2(C)C1CCC1C3(C)CCC(O)C(C)(C)C3CCC12C. The van der Waals surface area contributed by atoms with Crippen LogP contribution in [0.4, 0.5) is 0 Å². The molecule has 4 aliphatic rings. The highest BCUT2D eigenvalue weighted by Crippen LogP contribution is 2.75. The van der Waals surface area contributed by atoms with Crippen LogP contribution in [0.5, 0.6) is 0 Å². The lowest BCUT2D eigenvalue weighted by molar-refractivity contribution is -0.220. The van der Waals surface area contributed by atoms with Gasteiger partial charge in [-0.05, 0) is 117 Å². The van der Waals surface area contributed by atoms with Crippen molar-refractivity contribution in [1.82, 2.24) is 0 Å². The van der Waals surface area contributed by atoms with Gasteiger partial charge in [-0.15, -0.1) is 0 Å². The Hall–Kier alpha value is -0.670. The molecule has 3 heteroatoms. The van der Waals surface area contributed by atoms with Gasteiger partial charge in [0.1, 0.15) is 5.60 Å². The summed E-state index contributed by atoms with van der Waals surface area (Å²) in [6.07, 6.45) is 10.6. The van der Waals surface area contributed by atoms with E-state index in [0.717, 1.165) is 12.3 Å². The van der Waals surface area contributed by atoms with Crippen LogP contribution < -0.4 is 0 Å². The summed E-state index contributed by atoms with van der Waals surface area (Å²) in [6, 6.07) is 0. The highest BCUT2D eigenvalue weighted by atomic mass is 16.3. The zero-order chi connectivity index (χ0) is 24.6. The van der Waals surface area contributed by atoms with Crippen LogP contribution in [0.3, 0.4) is 0 Å². The highest BCUT2D eigenvalue weighted by Gasteiger charge is 2.68. The molecule has 0 aromatic carbocycles. The molecule has 33 heavy (non-hydrogen) atoms. The quantitative estimate of drug-likeness (QED) is 0.450. The molecule has 0 radical (unpaired) electrons. The molecule has 0 aromatic heterocycles. The molecular weight excluding hydrogens is 408 g/mol. The van der Waals surface area contributed by atoms with E-state index in [9.17, 15) is 15.0 Å². The van der Waals surface area contributed by atoms with E-state index in [1.165, 1.54) is 50.5 Å². The number of carbonyl (C=O) groups is 1. The van der Waals surface area contributed by atoms with Crippen LogP contribution in [0.2, 0.25) is 0 Å². The average Bonchev–Trinajstić information content (AvgIpc) is 3.07. The lowest BCUT2D eigenvalue weighted by atomic mass is 9.35. The van der Waals surface area contributed by atoms with Gasteiger partial charge in [0.2, 0.25) is 0 Å². The number of fused-ring (bicyclic) bond motifs is 5. The minimum atomic E-state index is -1.24. The fraction of sp³-hybridized carbons (Fsp3) is 0.900. The van der Waals surface area contributed by atoms with E-state index in [-0.39, 0.29) is 17.3 Å². The van der Waals surface area contributed by atoms with Crippen LogP contribution in [-0.2, 0) is 4.79 Å². The summed E-state index contributed by atoms with van der Waals surface area (Å²) in [7, 11) is 0. The molecule has 188 valence electrons. The van der Waals surface area contributed by atoms with Gasteiger partial charge in [-0.25, -0.2) is 0 Å². The monoisotopic (exact) mass is 458 g/mol. The fourth-order valence-corrected chi connectivity index (χ4v) is 9.99. The van der Waals surface area contributed by atoms with Crippen molar-refractivity contribution in [2.24, 2.45) is 45.3 Å².